The number of rotatable bonds is 4. The second-order valence-electron chi connectivity index (χ2n) is 6.79. The van der Waals surface area contributed by atoms with Gasteiger partial charge in [0.2, 0.25) is 5.91 Å². The maximum absolute atomic E-state index is 12.1. The van der Waals surface area contributed by atoms with Gasteiger partial charge in [0.05, 0.1) is 5.54 Å². The zero-order valence-corrected chi connectivity index (χ0v) is 13.7. The van der Waals surface area contributed by atoms with Gasteiger partial charge in [0.15, 0.2) is 0 Å². The van der Waals surface area contributed by atoms with E-state index in [1.54, 1.807) is 13.8 Å². The summed E-state index contributed by atoms with van der Waals surface area (Å²) >= 11 is 2.04. The summed E-state index contributed by atoms with van der Waals surface area (Å²) in [5.41, 5.74) is 5.28. The summed E-state index contributed by atoms with van der Waals surface area (Å²) in [6.07, 6.45) is 6.32. The molecule has 0 bridgehead atoms. The highest BCUT2D eigenvalue weighted by molar-refractivity contribution is 7.99. The molecule has 2 rings (SSSR count). The number of hydrogen-bond donors (Lipinski definition) is 2. The number of carbonyl (C=O) groups is 1. The van der Waals surface area contributed by atoms with Crippen LogP contribution in [0.1, 0.15) is 46.0 Å². The number of amides is 1. The van der Waals surface area contributed by atoms with Gasteiger partial charge in [0.1, 0.15) is 0 Å². The Morgan fingerprint density at radius 2 is 1.85 bits per heavy atom. The molecule has 20 heavy (non-hydrogen) atoms. The molecule has 1 aliphatic heterocycles. The van der Waals surface area contributed by atoms with Gasteiger partial charge in [0, 0.05) is 36.7 Å². The number of carbonyl (C=O) groups excluding carboxylic acids is 1. The molecule has 2 fully saturated rings. The fraction of sp³-hybridized carbons (Fsp3) is 0.933. The van der Waals surface area contributed by atoms with Crippen molar-refractivity contribution in [2.75, 3.05) is 31.1 Å². The molecule has 3 N–H and O–H groups in total. The van der Waals surface area contributed by atoms with Crippen molar-refractivity contribution in [3.05, 3.63) is 0 Å². The normalized spacial score (nSPS) is 24.4. The minimum atomic E-state index is -0.784. The smallest absolute Gasteiger partial charge is 0.239 e. The molecular formula is C15H29N3OS. The summed E-state index contributed by atoms with van der Waals surface area (Å²) < 4.78 is 0. The van der Waals surface area contributed by atoms with Gasteiger partial charge in [-0.2, -0.15) is 11.8 Å². The van der Waals surface area contributed by atoms with Crippen LogP contribution < -0.4 is 11.1 Å². The van der Waals surface area contributed by atoms with E-state index >= 15 is 0 Å². The first-order valence-electron chi connectivity index (χ1n) is 7.84. The molecule has 1 aliphatic carbocycles. The van der Waals surface area contributed by atoms with Crippen LogP contribution in [-0.4, -0.2) is 53.0 Å². The molecule has 0 aromatic carbocycles. The van der Waals surface area contributed by atoms with Crippen LogP contribution in [0, 0.1) is 0 Å². The van der Waals surface area contributed by atoms with E-state index in [2.05, 4.69) is 10.2 Å². The first-order chi connectivity index (χ1) is 9.44. The van der Waals surface area contributed by atoms with Crippen LogP contribution in [0.25, 0.3) is 0 Å². The largest absolute Gasteiger partial charge is 0.353 e. The Morgan fingerprint density at radius 3 is 2.40 bits per heavy atom. The molecule has 0 aromatic heterocycles. The van der Waals surface area contributed by atoms with Gasteiger partial charge in [-0.3, -0.25) is 9.69 Å². The first kappa shape index (κ1) is 16.1. The molecule has 1 heterocycles. The lowest BCUT2D eigenvalue weighted by molar-refractivity contribution is -0.126. The van der Waals surface area contributed by atoms with Crippen molar-refractivity contribution in [1.29, 1.82) is 0 Å². The molecular weight excluding hydrogens is 270 g/mol. The Morgan fingerprint density at radius 1 is 1.25 bits per heavy atom. The minimum absolute atomic E-state index is 0.0335. The Kier molecular flexibility index (Phi) is 5.37. The maximum atomic E-state index is 12.1. The zero-order chi connectivity index (χ0) is 14.6. The lowest BCUT2D eigenvalue weighted by Gasteiger charge is -2.48. The second kappa shape index (κ2) is 6.67. The Hall–Kier alpha value is -0.260. The van der Waals surface area contributed by atoms with Crippen LogP contribution in [0.3, 0.4) is 0 Å². The molecule has 2 aliphatic rings. The standard InChI is InChI=1S/C15H29N3OS/c1-14(2,16)13(19)17-12-15(6-4-3-5-7-15)18-8-10-20-11-9-18/h3-12,16H2,1-2H3,(H,17,19). The average molecular weight is 299 g/mol. The van der Waals surface area contributed by atoms with Gasteiger partial charge in [-0.05, 0) is 26.7 Å². The number of hydrogen-bond acceptors (Lipinski definition) is 4. The van der Waals surface area contributed by atoms with Crippen molar-refractivity contribution < 1.29 is 4.79 Å². The molecule has 0 radical (unpaired) electrons. The fourth-order valence-corrected chi connectivity index (χ4v) is 4.23. The predicted molar refractivity (Wildman–Crippen MR) is 86.0 cm³/mol. The lowest BCUT2D eigenvalue weighted by atomic mass is 9.79. The highest BCUT2D eigenvalue weighted by Crippen LogP contribution is 2.34. The Bertz CT molecular complexity index is 329. The molecule has 1 amide bonds. The molecule has 1 saturated carbocycles. The van der Waals surface area contributed by atoms with Crippen LogP contribution in [0.15, 0.2) is 0 Å². The molecule has 0 spiro atoms. The number of nitrogens with one attached hydrogen (secondary N) is 1. The van der Waals surface area contributed by atoms with Gasteiger partial charge < -0.3 is 11.1 Å². The third-order valence-corrected chi connectivity index (χ3v) is 5.57. The third kappa shape index (κ3) is 3.89. The monoisotopic (exact) mass is 299 g/mol. The van der Waals surface area contributed by atoms with Crippen molar-refractivity contribution in [1.82, 2.24) is 10.2 Å². The molecule has 0 atom stereocenters. The van der Waals surface area contributed by atoms with Gasteiger partial charge in [0.25, 0.3) is 0 Å². The van der Waals surface area contributed by atoms with E-state index in [1.165, 1.54) is 43.6 Å². The number of nitrogens with zero attached hydrogens (tertiary/aromatic N) is 1. The maximum Gasteiger partial charge on any atom is 0.239 e. The van der Waals surface area contributed by atoms with Crippen LogP contribution in [0.2, 0.25) is 0 Å². The van der Waals surface area contributed by atoms with E-state index in [4.69, 9.17) is 5.73 Å². The van der Waals surface area contributed by atoms with Crippen LogP contribution in [-0.2, 0) is 4.79 Å². The number of nitrogens with two attached hydrogens (primary N) is 1. The molecule has 116 valence electrons. The van der Waals surface area contributed by atoms with E-state index in [0.717, 1.165) is 19.6 Å². The molecule has 0 aromatic rings. The number of thioether (sulfide) groups is 1. The topological polar surface area (TPSA) is 58.4 Å². The summed E-state index contributed by atoms with van der Waals surface area (Å²) in [6.45, 7) is 6.62. The molecule has 4 nitrogen and oxygen atoms in total. The summed E-state index contributed by atoms with van der Waals surface area (Å²) in [5, 5.41) is 3.12. The van der Waals surface area contributed by atoms with Crippen molar-refractivity contribution in [2.24, 2.45) is 5.73 Å². The lowest BCUT2D eigenvalue weighted by Crippen LogP contribution is -2.61. The molecule has 5 heteroatoms. The van der Waals surface area contributed by atoms with E-state index in [9.17, 15) is 4.79 Å². The van der Waals surface area contributed by atoms with Crippen molar-refractivity contribution in [3.63, 3.8) is 0 Å². The van der Waals surface area contributed by atoms with Gasteiger partial charge in [-0.15, -0.1) is 0 Å². The van der Waals surface area contributed by atoms with Gasteiger partial charge in [-0.25, -0.2) is 0 Å². The summed E-state index contributed by atoms with van der Waals surface area (Å²) in [5.74, 6) is 2.41. The summed E-state index contributed by atoms with van der Waals surface area (Å²) in [6, 6.07) is 0. The Labute approximate surface area is 127 Å². The first-order valence-corrected chi connectivity index (χ1v) is 9.00. The van der Waals surface area contributed by atoms with E-state index in [1.807, 2.05) is 11.8 Å². The predicted octanol–water partition coefficient (Wildman–Crippen LogP) is 1.59. The van der Waals surface area contributed by atoms with E-state index in [0.29, 0.717) is 0 Å². The van der Waals surface area contributed by atoms with E-state index < -0.39 is 5.54 Å². The molecule has 0 unspecified atom stereocenters. The quantitative estimate of drug-likeness (QED) is 0.828. The highest BCUT2D eigenvalue weighted by Gasteiger charge is 2.39. The van der Waals surface area contributed by atoms with E-state index in [-0.39, 0.29) is 11.4 Å². The van der Waals surface area contributed by atoms with Crippen molar-refractivity contribution >= 4 is 17.7 Å². The summed E-state index contributed by atoms with van der Waals surface area (Å²) in [7, 11) is 0. The highest BCUT2D eigenvalue weighted by atomic mass is 32.2. The minimum Gasteiger partial charge on any atom is -0.353 e. The summed E-state index contributed by atoms with van der Waals surface area (Å²) in [4.78, 5) is 14.7. The average Bonchev–Trinajstić information content (AvgIpc) is 2.45. The second-order valence-corrected chi connectivity index (χ2v) is 8.01. The van der Waals surface area contributed by atoms with Crippen LogP contribution in [0.4, 0.5) is 0 Å². The van der Waals surface area contributed by atoms with Crippen LogP contribution in [0.5, 0.6) is 0 Å². The van der Waals surface area contributed by atoms with Crippen molar-refractivity contribution in [2.45, 2.75) is 57.0 Å². The van der Waals surface area contributed by atoms with Gasteiger partial charge >= 0.3 is 0 Å². The molecule has 1 saturated heterocycles. The fourth-order valence-electron chi connectivity index (χ4n) is 3.33. The van der Waals surface area contributed by atoms with Gasteiger partial charge in [-0.1, -0.05) is 19.3 Å². The Balaban J connectivity index is 2.01. The zero-order valence-electron chi connectivity index (χ0n) is 12.9. The van der Waals surface area contributed by atoms with Crippen LogP contribution >= 0.6 is 11.8 Å². The third-order valence-electron chi connectivity index (χ3n) is 4.63. The van der Waals surface area contributed by atoms with Crippen molar-refractivity contribution in [3.8, 4) is 0 Å². The SMILES string of the molecule is CC(C)(N)C(=O)NCC1(N2CCSCC2)CCCCC1.